The van der Waals surface area contributed by atoms with Crippen molar-refractivity contribution in [1.82, 2.24) is 20.4 Å². The second-order valence-electron chi connectivity index (χ2n) is 6.53. The van der Waals surface area contributed by atoms with E-state index in [1.165, 1.54) is 6.07 Å². The summed E-state index contributed by atoms with van der Waals surface area (Å²) in [6, 6.07) is 4.69. The highest BCUT2D eigenvalue weighted by Crippen LogP contribution is 2.20. The third-order valence-corrected chi connectivity index (χ3v) is 4.57. The maximum Gasteiger partial charge on any atom is 0.227 e. The summed E-state index contributed by atoms with van der Waals surface area (Å²) in [5.41, 5.74) is 1.24. The van der Waals surface area contributed by atoms with Crippen LogP contribution >= 0.6 is 0 Å². The van der Waals surface area contributed by atoms with Gasteiger partial charge in [-0.25, -0.2) is 4.39 Å². The lowest BCUT2D eigenvalue weighted by Gasteiger charge is -2.15. The van der Waals surface area contributed by atoms with Gasteiger partial charge < -0.3 is 14.7 Å². The van der Waals surface area contributed by atoms with Gasteiger partial charge in [0.25, 0.3) is 0 Å². The molecule has 2 aromatic rings. The molecule has 1 saturated heterocycles. The van der Waals surface area contributed by atoms with Crippen molar-refractivity contribution >= 4 is 5.91 Å². The Morgan fingerprint density at radius 3 is 3.08 bits per heavy atom. The number of halogens is 1. The number of benzene rings is 1. The highest BCUT2D eigenvalue weighted by Gasteiger charge is 2.25. The molecule has 1 amide bonds. The van der Waals surface area contributed by atoms with E-state index in [9.17, 15) is 9.18 Å². The number of likely N-dealkylation sites (tertiary alicyclic amines) is 1. The molecule has 1 N–H and O–H groups in total. The van der Waals surface area contributed by atoms with Gasteiger partial charge in [-0.15, -0.1) is 0 Å². The predicted octanol–water partition coefficient (Wildman–Crippen LogP) is 2.18. The van der Waals surface area contributed by atoms with E-state index in [1.54, 1.807) is 19.1 Å². The van der Waals surface area contributed by atoms with E-state index in [4.69, 9.17) is 4.52 Å². The van der Waals surface area contributed by atoms with Gasteiger partial charge in [0.2, 0.25) is 17.6 Å². The van der Waals surface area contributed by atoms with Crippen LogP contribution in [0.3, 0.4) is 0 Å². The molecule has 134 valence electrons. The number of nitrogens with zero attached hydrogens (tertiary/aromatic N) is 3. The van der Waals surface area contributed by atoms with Gasteiger partial charge >= 0.3 is 0 Å². The molecule has 1 atom stereocenters. The average Bonchev–Trinajstić information content (AvgIpc) is 3.25. The van der Waals surface area contributed by atoms with Gasteiger partial charge in [0, 0.05) is 31.5 Å². The fraction of sp³-hybridized carbons (Fsp3) is 0.500. The summed E-state index contributed by atoms with van der Waals surface area (Å²) in [5, 5.41) is 7.09. The number of amides is 1. The van der Waals surface area contributed by atoms with Crippen LogP contribution in [0.2, 0.25) is 0 Å². The molecule has 3 rings (SSSR count). The molecule has 6 nitrogen and oxygen atoms in total. The van der Waals surface area contributed by atoms with Crippen LogP contribution in [0.25, 0.3) is 11.4 Å². The molecule has 1 unspecified atom stereocenters. The van der Waals surface area contributed by atoms with Crippen molar-refractivity contribution < 1.29 is 13.7 Å². The first-order valence-corrected chi connectivity index (χ1v) is 8.58. The SMILES string of the molecule is CNCC1CCN(C(=O)CCc2nc(-c3ccc(F)c(C)c3)no2)C1. The summed E-state index contributed by atoms with van der Waals surface area (Å²) in [4.78, 5) is 18.5. The Morgan fingerprint density at radius 2 is 2.32 bits per heavy atom. The first-order valence-electron chi connectivity index (χ1n) is 8.58. The minimum absolute atomic E-state index is 0.121. The number of nitrogens with one attached hydrogen (secondary N) is 1. The summed E-state index contributed by atoms with van der Waals surface area (Å²) in [6.45, 7) is 4.25. The second-order valence-corrected chi connectivity index (χ2v) is 6.53. The number of rotatable bonds is 6. The molecule has 0 aliphatic carbocycles. The Balaban J connectivity index is 1.55. The molecule has 7 heteroatoms. The fourth-order valence-corrected chi connectivity index (χ4v) is 3.14. The first kappa shape index (κ1) is 17.5. The summed E-state index contributed by atoms with van der Waals surface area (Å²) < 4.78 is 18.6. The minimum Gasteiger partial charge on any atom is -0.342 e. The average molecular weight is 346 g/mol. The normalized spacial score (nSPS) is 17.2. The Bertz CT molecular complexity index is 746. The van der Waals surface area contributed by atoms with Crippen LogP contribution in [-0.2, 0) is 11.2 Å². The molecule has 1 fully saturated rings. The van der Waals surface area contributed by atoms with Gasteiger partial charge in [-0.05, 0) is 56.6 Å². The van der Waals surface area contributed by atoms with Crippen molar-refractivity contribution in [1.29, 1.82) is 0 Å². The van der Waals surface area contributed by atoms with E-state index in [0.717, 1.165) is 26.1 Å². The zero-order chi connectivity index (χ0) is 17.8. The molecular formula is C18H23FN4O2. The lowest BCUT2D eigenvalue weighted by Crippen LogP contribution is -2.30. The Hall–Kier alpha value is -2.28. The third kappa shape index (κ3) is 4.22. The van der Waals surface area contributed by atoms with E-state index in [0.29, 0.717) is 41.6 Å². The number of aryl methyl sites for hydroxylation is 2. The summed E-state index contributed by atoms with van der Waals surface area (Å²) in [7, 11) is 1.93. The minimum atomic E-state index is -0.264. The monoisotopic (exact) mass is 346 g/mol. The summed E-state index contributed by atoms with van der Waals surface area (Å²) >= 11 is 0. The molecule has 2 heterocycles. The lowest BCUT2D eigenvalue weighted by atomic mass is 10.1. The molecule has 0 radical (unpaired) electrons. The van der Waals surface area contributed by atoms with Gasteiger partial charge in [0.15, 0.2) is 0 Å². The van der Waals surface area contributed by atoms with Crippen molar-refractivity contribution in [3.63, 3.8) is 0 Å². The van der Waals surface area contributed by atoms with Crippen LogP contribution in [0.1, 0.15) is 24.3 Å². The summed E-state index contributed by atoms with van der Waals surface area (Å²) in [6.07, 6.45) is 1.82. The number of aromatic nitrogens is 2. The van der Waals surface area contributed by atoms with E-state index < -0.39 is 0 Å². The van der Waals surface area contributed by atoms with Crippen molar-refractivity contribution in [2.45, 2.75) is 26.2 Å². The lowest BCUT2D eigenvalue weighted by molar-refractivity contribution is -0.130. The van der Waals surface area contributed by atoms with Crippen molar-refractivity contribution in [3.05, 3.63) is 35.5 Å². The molecular weight excluding hydrogens is 323 g/mol. The van der Waals surface area contributed by atoms with E-state index in [1.807, 2.05) is 11.9 Å². The van der Waals surface area contributed by atoms with Gasteiger partial charge in [-0.1, -0.05) is 5.16 Å². The van der Waals surface area contributed by atoms with Gasteiger partial charge in [-0.2, -0.15) is 4.98 Å². The highest BCUT2D eigenvalue weighted by atomic mass is 19.1. The van der Waals surface area contributed by atoms with Gasteiger partial charge in [0.1, 0.15) is 5.82 Å². The Morgan fingerprint density at radius 1 is 1.48 bits per heavy atom. The highest BCUT2D eigenvalue weighted by molar-refractivity contribution is 5.76. The number of carbonyl (C=O) groups is 1. The van der Waals surface area contributed by atoms with Crippen LogP contribution in [0.5, 0.6) is 0 Å². The smallest absolute Gasteiger partial charge is 0.227 e. The number of hydrogen-bond donors (Lipinski definition) is 1. The predicted molar refractivity (Wildman–Crippen MR) is 91.4 cm³/mol. The van der Waals surface area contributed by atoms with Gasteiger partial charge in [0.05, 0.1) is 0 Å². The van der Waals surface area contributed by atoms with E-state index >= 15 is 0 Å². The Labute approximate surface area is 146 Å². The van der Waals surface area contributed by atoms with Crippen molar-refractivity contribution in [3.8, 4) is 11.4 Å². The standard InChI is InChI=1S/C18H23FN4O2/c1-12-9-14(3-4-15(12)19)18-21-16(25-22-18)5-6-17(24)23-8-7-13(11-23)10-20-2/h3-4,9,13,20H,5-8,10-11H2,1-2H3. The maximum atomic E-state index is 13.3. The van der Waals surface area contributed by atoms with Crippen LogP contribution in [0.4, 0.5) is 4.39 Å². The van der Waals surface area contributed by atoms with Crippen molar-refractivity contribution in [2.24, 2.45) is 5.92 Å². The molecule has 1 aliphatic rings. The largest absolute Gasteiger partial charge is 0.342 e. The zero-order valence-electron chi connectivity index (χ0n) is 14.6. The van der Waals surface area contributed by atoms with E-state index in [2.05, 4.69) is 15.5 Å². The van der Waals surface area contributed by atoms with Crippen LogP contribution in [-0.4, -0.2) is 47.6 Å². The van der Waals surface area contributed by atoms with Crippen LogP contribution in [0.15, 0.2) is 22.7 Å². The van der Waals surface area contributed by atoms with Crippen LogP contribution in [0, 0.1) is 18.7 Å². The first-order chi connectivity index (χ1) is 12.1. The third-order valence-electron chi connectivity index (χ3n) is 4.57. The molecule has 0 spiro atoms. The Kier molecular flexibility index (Phi) is 5.43. The van der Waals surface area contributed by atoms with E-state index in [-0.39, 0.29) is 11.7 Å². The number of carbonyl (C=O) groups excluding carboxylic acids is 1. The fourth-order valence-electron chi connectivity index (χ4n) is 3.14. The molecule has 1 aliphatic heterocycles. The maximum absolute atomic E-state index is 13.3. The summed E-state index contributed by atoms with van der Waals surface area (Å²) in [5.74, 6) is 1.24. The number of hydrogen-bond acceptors (Lipinski definition) is 5. The molecule has 1 aromatic carbocycles. The zero-order valence-corrected chi connectivity index (χ0v) is 14.6. The van der Waals surface area contributed by atoms with Gasteiger partial charge in [-0.3, -0.25) is 4.79 Å². The molecule has 0 saturated carbocycles. The van der Waals surface area contributed by atoms with Crippen LogP contribution < -0.4 is 5.32 Å². The molecule has 0 bridgehead atoms. The molecule has 25 heavy (non-hydrogen) atoms. The molecule has 1 aromatic heterocycles. The quantitative estimate of drug-likeness (QED) is 0.868. The van der Waals surface area contributed by atoms with Crippen molar-refractivity contribution in [2.75, 3.05) is 26.7 Å². The topological polar surface area (TPSA) is 71.3 Å². The second kappa shape index (κ2) is 7.74.